The maximum Gasteiger partial charge on any atom is 0.217 e. The Morgan fingerprint density at radius 1 is 1.13 bits per heavy atom. The zero-order valence-corrected chi connectivity index (χ0v) is 16.6. The van der Waals surface area contributed by atoms with Gasteiger partial charge in [0.1, 0.15) is 11.0 Å². The molecular formula is C16H28N2O3S2. The van der Waals surface area contributed by atoms with Gasteiger partial charge in [0.2, 0.25) is 10.0 Å². The lowest BCUT2D eigenvalue weighted by Crippen LogP contribution is -2.53. The average Bonchev–Trinajstić information content (AvgIpc) is 2.43. The molecule has 23 heavy (non-hydrogen) atoms. The quantitative estimate of drug-likeness (QED) is 0.846. The van der Waals surface area contributed by atoms with Gasteiger partial charge in [-0.25, -0.2) is 21.7 Å². The average molecular weight is 361 g/mol. The van der Waals surface area contributed by atoms with Crippen LogP contribution in [0.5, 0.6) is 0 Å². The number of nitrogens with zero attached hydrogens (tertiary/aromatic N) is 1. The Bertz CT molecular complexity index is 647. The summed E-state index contributed by atoms with van der Waals surface area (Å²) in [5.41, 5.74) is 0.713. The van der Waals surface area contributed by atoms with E-state index in [1.807, 2.05) is 39.8 Å². The molecule has 1 aromatic carbocycles. The Kier molecular flexibility index (Phi) is 6.55. The number of hydrogen-bond acceptors (Lipinski definition) is 3. The molecule has 0 aliphatic rings. The van der Waals surface area contributed by atoms with Crippen molar-refractivity contribution in [3.05, 3.63) is 29.8 Å². The number of benzene rings is 1. The zero-order valence-electron chi connectivity index (χ0n) is 15.0. The number of aryl methyl sites for hydroxylation is 1. The topological polar surface area (TPSA) is 66.5 Å². The maximum atomic E-state index is 12.6. The molecule has 0 amide bonds. The summed E-state index contributed by atoms with van der Waals surface area (Å²) in [6.07, 6.45) is 0. The highest BCUT2D eigenvalue weighted by Gasteiger charge is 2.39. The molecule has 1 rings (SSSR count). The molecule has 7 heteroatoms. The zero-order chi connectivity index (χ0) is 18.0. The summed E-state index contributed by atoms with van der Waals surface area (Å²) in [6, 6.07) is 6.91. The van der Waals surface area contributed by atoms with Gasteiger partial charge in [0.15, 0.2) is 0 Å². The van der Waals surface area contributed by atoms with Crippen molar-refractivity contribution in [2.45, 2.75) is 50.8 Å². The first-order valence-electron chi connectivity index (χ1n) is 7.53. The second-order valence-electron chi connectivity index (χ2n) is 7.08. The monoisotopic (exact) mass is 360 g/mol. The van der Waals surface area contributed by atoms with Crippen LogP contribution in [0.15, 0.2) is 29.2 Å². The summed E-state index contributed by atoms with van der Waals surface area (Å²) in [4.78, 5) is 0.638. The van der Waals surface area contributed by atoms with Crippen LogP contribution >= 0.6 is 0 Å². The molecule has 1 unspecified atom stereocenters. The highest BCUT2D eigenvalue weighted by molar-refractivity contribution is 7.89. The van der Waals surface area contributed by atoms with Crippen LogP contribution in [0.3, 0.4) is 0 Å². The van der Waals surface area contributed by atoms with Crippen LogP contribution in [0.1, 0.15) is 33.3 Å². The molecule has 132 valence electrons. The summed E-state index contributed by atoms with van der Waals surface area (Å²) in [5.74, 6) is 0. The van der Waals surface area contributed by atoms with E-state index in [9.17, 15) is 12.6 Å². The SMILES string of the molecule is Cc1ccc(S(=O)N[C@H]([C@@H](C)S(=O)(=O)N(C)C)C(C)(C)C)cc1. The first-order chi connectivity index (χ1) is 10.4. The largest absolute Gasteiger partial charge is 0.237 e. The van der Waals surface area contributed by atoms with Gasteiger partial charge in [0.05, 0.1) is 10.1 Å². The standard InChI is InChI=1S/C16H28N2O3S2/c1-12-8-10-14(11-9-12)22(19)17-15(16(3,4)5)13(2)23(20,21)18(6)7/h8-11,13,15,17H,1-7H3/t13-,15-,22?/m1/s1. The molecular weight excluding hydrogens is 332 g/mol. The van der Waals surface area contributed by atoms with Crippen LogP contribution in [0.4, 0.5) is 0 Å². The fourth-order valence-electron chi connectivity index (χ4n) is 2.33. The van der Waals surface area contributed by atoms with Gasteiger partial charge in [-0.2, -0.15) is 0 Å². The molecule has 0 saturated heterocycles. The van der Waals surface area contributed by atoms with Crippen molar-refractivity contribution in [1.29, 1.82) is 0 Å². The smallest absolute Gasteiger partial charge is 0.217 e. The van der Waals surface area contributed by atoms with Crippen LogP contribution in [-0.2, 0) is 21.0 Å². The molecule has 3 atom stereocenters. The van der Waals surface area contributed by atoms with E-state index in [1.54, 1.807) is 19.1 Å². The highest BCUT2D eigenvalue weighted by atomic mass is 32.2. The molecule has 1 N–H and O–H groups in total. The van der Waals surface area contributed by atoms with Gasteiger partial charge in [0.25, 0.3) is 0 Å². The second-order valence-corrected chi connectivity index (χ2v) is 10.8. The van der Waals surface area contributed by atoms with E-state index >= 15 is 0 Å². The highest BCUT2D eigenvalue weighted by Crippen LogP contribution is 2.27. The van der Waals surface area contributed by atoms with Crippen LogP contribution < -0.4 is 4.72 Å². The van der Waals surface area contributed by atoms with E-state index in [4.69, 9.17) is 0 Å². The Morgan fingerprint density at radius 2 is 1.61 bits per heavy atom. The molecule has 0 fully saturated rings. The third-order valence-corrected chi connectivity index (χ3v) is 7.25. The third kappa shape index (κ3) is 5.11. The predicted octanol–water partition coefficient (Wildman–Crippen LogP) is 2.30. The lowest BCUT2D eigenvalue weighted by Gasteiger charge is -2.36. The van der Waals surface area contributed by atoms with Crippen LogP contribution in [0.25, 0.3) is 0 Å². The molecule has 0 spiro atoms. The molecule has 0 aliphatic carbocycles. The van der Waals surface area contributed by atoms with Crippen molar-refractivity contribution in [2.75, 3.05) is 14.1 Å². The Hall–Kier alpha value is -0.760. The van der Waals surface area contributed by atoms with E-state index in [0.29, 0.717) is 4.90 Å². The first kappa shape index (κ1) is 20.3. The number of sulfonamides is 1. The Balaban J connectivity index is 3.10. The normalized spacial score (nSPS) is 17.0. The summed E-state index contributed by atoms with van der Waals surface area (Å²) in [5, 5.41) is -0.702. The van der Waals surface area contributed by atoms with Crippen LogP contribution in [-0.4, -0.2) is 42.3 Å². The summed E-state index contributed by atoms with van der Waals surface area (Å²) < 4.78 is 41.8. The molecule has 0 heterocycles. The minimum absolute atomic E-state index is 0.372. The molecule has 5 nitrogen and oxygen atoms in total. The Labute approximate surface area is 143 Å². The molecule has 0 radical (unpaired) electrons. The first-order valence-corrected chi connectivity index (χ1v) is 10.2. The minimum Gasteiger partial charge on any atom is -0.237 e. The second kappa shape index (κ2) is 7.42. The van der Waals surface area contributed by atoms with Gasteiger partial charge in [-0.1, -0.05) is 38.5 Å². The van der Waals surface area contributed by atoms with Crippen LogP contribution in [0, 0.1) is 12.3 Å². The molecule has 0 bridgehead atoms. The summed E-state index contributed by atoms with van der Waals surface area (Å²) >= 11 is 0. The fourth-order valence-corrected chi connectivity index (χ4v) is 5.21. The van der Waals surface area contributed by atoms with Gasteiger partial charge in [0, 0.05) is 20.1 Å². The maximum absolute atomic E-state index is 12.6. The Morgan fingerprint density at radius 3 is 2.00 bits per heavy atom. The van der Waals surface area contributed by atoms with Crippen molar-refractivity contribution in [1.82, 2.24) is 9.03 Å². The number of nitrogens with one attached hydrogen (secondary N) is 1. The molecule has 0 aliphatic heterocycles. The van der Waals surface area contributed by atoms with Crippen molar-refractivity contribution >= 4 is 21.0 Å². The van der Waals surface area contributed by atoms with E-state index in [1.165, 1.54) is 18.4 Å². The molecule has 0 aromatic heterocycles. The summed E-state index contributed by atoms with van der Waals surface area (Å²) in [6.45, 7) is 9.45. The van der Waals surface area contributed by atoms with E-state index in [0.717, 1.165) is 5.56 Å². The lowest BCUT2D eigenvalue weighted by atomic mass is 9.86. The van der Waals surface area contributed by atoms with Gasteiger partial charge in [-0.3, -0.25) is 0 Å². The van der Waals surface area contributed by atoms with Crippen molar-refractivity contribution < 1.29 is 12.6 Å². The number of rotatable bonds is 6. The molecule has 0 saturated carbocycles. The number of hydrogen-bond donors (Lipinski definition) is 1. The molecule has 1 aromatic rings. The van der Waals surface area contributed by atoms with Gasteiger partial charge < -0.3 is 0 Å². The fraction of sp³-hybridized carbons (Fsp3) is 0.625. The van der Waals surface area contributed by atoms with Gasteiger partial charge in [-0.15, -0.1) is 0 Å². The van der Waals surface area contributed by atoms with Crippen molar-refractivity contribution in [3.8, 4) is 0 Å². The van der Waals surface area contributed by atoms with Crippen LogP contribution in [0.2, 0.25) is 0 Å². The van der Waals surface area contributed by atoms with Gasteiger partial charge >= 0.3 is 0 Å². The van der Waals surface area contributed by atoms with Gasteiger partial charge in [-0.05, 0) is 31.4 Å². The summed E-state index contributed by atoms with van der Waals surface area (Å²) in [7, 11) is -1.89. The third-order valence-electron chi connectivity index (χ3n) is 3.85. The lowest BCUT2D eigenvalue weighted by molar-refractivity contribution is 0.291. The predicted molar refractivity (Wildman–Crippen MR) is 96.0 cm³/mol. The minimum atomic E-state index is -3.46. The van der Waals surface area contributed by atoms with E-state index < -0.39 is 32.3 Å². The van der Waals surface area contributed by atoms with E-state index in [2.05, 4.69) is 4.72 Å². The van der Waals surface area contributed by atoms with E-state index in [-0.39, 0.29) is 5.41 Å². The van der Waals surface area contributed by atoms with Crippen molar-refractivity contribution in [2.24, 2.45) is 5.41 Å². The van der Waals surface area contributed by atoms with Crippen molar-refractivity contribution in [3.63, 3.8) is 0 Å².